The molecular weight excluding hydrogens is 364 g/mol. The highest BCUT2D eigenvalue weighted by Gasteiger charge is 2.19. The molecule has 0 heterocycles. The standard InChI is InChI=1S/C13H8BrClN2O4/c14-7-1-4-12(18)9(5-7)13(19)16-10-3-2-8(15)6-11(10)17(20)21/h1-6,18H,(H,16,19). The lowest BCUT2D eigenvalue weighted by Crippen LogP contribution is -2.13. The average Bonchev–Trinajstić information content (AvgIpc) is 2.43. The largest absolute Gasteiger partial charge is 0.507 e. The predicted molar refractivity (Wildman–Crippen MR) is 81.9 cm³/mol. The van der Waals surface area contributed by atoms with E-state index in [2.05, 4.69) is 21.2 Å². The van der Waals surface area contributed by atoms with Crippen molar-refractivity contribution in [3.8, 4) is 5.75 Å². The van der Waals surface area contributed by atoms with E-state index in [1.54, 1.807) is 6.07 Å². The monoisotopic (exact) mass is 370 g/mol. The molecule has 0 saturated heterocycles. The van der Waals surface area contributed by atoms with Crippen LogP contribution in [0.2, 0.25) is 5.02 Å². The molecule has 2 rings (SSSR count). The third kappa shape index (κ3) is 3.50. The predicted octanol–water partition coefficient (Wildman–Crippen LogP) is 3.97. The second kappa shape index (κ2) is 6.11. The molecule has 8 heteroatoms. The number of nitro groups is 1. The van der Waals surface area contributed by atoms with Gasteiger partial charge in [0.2, 0.25) is 0 Å². The van der Waals surface area contributed by atoms with Crippen molar-refractivity contribution in [1.82, 2.24) is 0 Å². The van der Waals surface area contributed by atoms with Crippen molar-refractivity contribution >= 4 is 44.8 Å². The smallest absolute Gasteiger partial charge is 0.294 e. The lowest BCUT2D eigenvalue weighted by molar-refractivity contribution is -0.383. The fourth-order valence-corrected chi connectivity index (χ4v) is 2.17. The number of halogens is 2. The maximum absolute atomic E-state index is 12.1. The first-order chi connectivity index (χ1) is 9.88. The number of nitro benzene ring substituents is 1. The molecule has 2 N–H and O–H groups in total. The number of nitrogens with one attached hydrogen (secondary N) is 1. The van der Waals surface area contributed by atoms with E-state index < -0.39 is 10.8 Å². The Balaban J connectivity index is 2.36. The van der Waals surface area contributed by atoms with E-state index in [1.165, 1.54) is 24.3 Å². The summed E-state index contributed by atoms with van der Waals surface area (Å²) in [6, 6.07) is 8.20. The number of amides is 1. The molecule has 0 bridgehead atoms. The first-order valence-corrected chi connectivity index (χ1v) is 6.79. The third-order valence-electron chi connectivity index (χ3n) is 2.61. The zero-order chi connectivity index (χ0) is 15.6. The topological polar surface area (TPSA) is 92.5 Å². The van der Waals surface area contributed by atoms with Crippen LogP contribution in [-0.2, 0) is 0 Å². The van der Waals surface area contributed by atoms with E-state index in [4.69, 9.17) is 11.6 Å². The summed E-state index contributed by atoms with van der Waals surface area (Å²) >= 11 is 8.88. The molecule has 0 aliphatic carbocycles. The van der Waals surface area contributed by atoms with Gasteiger partial charge in [0.25, 0.3) is 11.6 Å². The van der Waals surface area contributed by atoms with E-state index in [9.17, 15) is 20.0 Å². The molecule has 0 aliphatic rings. The van der Waals surface area contributed by atoms with Crippen molar-refractivity contribution in [3.63, 3.8) is 0 Å². The Bertz CT molecular complexity index is 736. The van der Waals surface area contributed by atoms with Gasteiger partial charge in [-0.05, 0) is 30.3 Å². The molecular formula is C13H8BrClN2O4. The Morgan fingerprint density at radius 1 is 1.29 bits per heavy atom. The van der Waals surface area contributed by atoms with E-state index in [-0.39, 0.29) is 27.7 Å². The van der Waals surface area contributed by atoms with Crippen molar-refractivity contribution in [2.75, 3.05) is 5.32 Å². The lowest BCUT2D eigenvalue weighted by Gasteiger charge is -2.08. The number of anilines is 1. The Hall–Kier alpha value is -2.12. The van der Waals surface area contributed by atoms with Gasteiger partial charge in [0.1, 0.15) is 11.4 Å². The molecule has 0 saturated carbocycles. The molecule has 0 atom stereocenters. The molecule has 6 nitrogen and oxygen atoms in total. The van der Waals surface area contributed by atoms with E-state index in [0.29, 0.717) is 4.47 Å². The van der Waals surface area contributed by atoms with Gasteiger partial charge in [0.05, 0.1) is 10.5 Å². The minimum Gasteiger partial charge on any atom is -0.507 e. The number of benzene rings is 2. The van der Waals surface area contributed by atoms with E-state index in [1.807, 2.05) is 0 Å². The van der Waals surface area contributed by atoms with E-state index in [0.717, 1.165) is 6.07 Å². The Morgan fingerprint density at radius 2 is 2.00 bits per heavy atom. The van der Waals surface area contributed by atoms with Gasteiger partial charge >= 0.3 is 0 Å². The van der Waals surface area contributed by atoms with Crippen LogP contribution in [0.3, 0.4) is 0 Å². The number of hydrogen-bond acceptors (Lipinski definition) is 4. The van der Waals surface area contributed by atoms with Gasteiger partial charge in [-0.2, -0.15) is 0 Å². The van der Waals surface area contributed by atoms with Gasteiger partial charge in [-0.15, -0.1) is 0 Å². The van der Waals surface area contributed by atoms with Crippen LogP contribution in [0.4, 0.5) is 11.4 Å². The summed E-state index contributed by atoms with van der Waals surface area (Å²) in [6.45, 7) is 0. The van der Waals surface area contributed by atoms with E-state index >= 15 is 0 Å². The highest BCUT2D eigenvalue weighted by atomic mass is 79.9. The number of nitrogens with zero attached hydrogens (tertiary/aromatic N) is 1. The molecule has 2 aromatic rings. The Labute approximate surface area is 132 Å². The van der Waals surface area contributed by atoms with Crippen molar-refractivity contribution < 1.29 is 14.8 Å². The Morgan fingerprint density at radius 3 is 2.67 bits per heavy atom. The second-order valence-corrected chi connectivity index (χ2v) is 5.39. The minimum atomic E-state index is -0.667. The Kier molecular flexibility index (Phi) is 4.44. The lowest BCUT2D eigenvalue weighted by atomic mass is 10.2. The van der Waals surface area contributed by atoms with Crippen molar-refractivity contribution in [3.05, 3.63) is 61.6 Å². The van der Waals surface area contributed by atoms with Crippen LogP contribution in [0.5, 0.6) is 5.75 Å². The number of phenolic OH excluding ortho intramolecular Hbond substituents is 1. The van der Waals surface area contributed by atoms with Crippen LogP contribution >= 0.6 is 27.5 Å². The van der Waals surface area contributed by atoms with Crippen molar-refractivity contribution in [2.45, 2.75) is 0 Å². The summed E-state index contributed by atoms with van der Waals surface area (Å²) in [5.41, 5.74) is -0.340. The van der Waals surface area contributed by atoms with Crippen LogP contribution < -0.4 is 5.32 Å². The normalized spacial score (nSPS) is 10.2. The van der Waals surface area contributed by atoms with Crippen LogP contribution in [-0.4, -0.2) is 15.9 Å². The molecule has 0 aromatic heterocycles. The van der Waals surface area contributed by atoms with Crippen molar-refractivity contribution in [1.29, 1.82) is 0 Å². The fraction of sp³-hybridized carbons (Fsp3) is 0. The zero-order valence-electron chi connectivity index (χ0n) is 10.3. The first-order valence-electron chi connectivity index (χ1n) is 5.62. The second-order valence-electron chi connectivity index (χ2n) is 4.03. The number of rotatable bonds is 3. The maximum Gasteiger partial charge on any atom is 0.294 e. The van der Waals surface area contributed by atoms with Crippen molar-refractivity contribution in [2.24, 2.45) is 0 Å². The highest BCUT2D eigenvalue weighted by molar-refractivity contribution is 9.10. The quantitative estimate of drug-likeness (QED) is 0.631. The van der Waals surface area contributed by atoms with Crippen LogP contribution in [0, 0.1) is 10.1 Å². The number of phenols is 1. The number of carbonyl (C=O) groups is 1. The maximum atomic E-state index is 12.1. The summed E-state index contributed by atoms with van der Waals surface area (Å²) in [5, 5.41) is 23.2. The summed E-state index contributed by atoms with van der Waals surface area (Å²) in [5.74, 6) is -0.897. The van der Waals surface area contributed by atoms with Crippen LogP contribution in [0.1, 0.15) is 10.4 Å². The molecule has 0 unspecified atom stereocenters. The molecule has 0 spiro atoms. The van der Waals surface area contributed by atoms with Crippen LogP contribution in [0.25, 0.3) is 0 Å². The minimum absolute atomic E-state index is 0.00576. The van der Waals surface area contributed by atoms with Gasteiger partial charge in [-0.25, -0.2) is 0 Å². The summed E-state index contributed by atoms with van der Waals surface area (Å²) in [6.07, 6.45) is 0. The number of aromatic hydroxyl groups is 1. The summed E-state index contributed by atoms with van der Waals surface area (Å²) in [4.78, 5) is 22.4. The highest BCUT2D eigenvalue weighted by Crippen LogP contribution is 2.29. The van der Waals surface area contributed by atoms with Gasteiger partial charge in [0, 0.05) is 15.6 Å². The van der Waals surface area contributed by atoms with Crippen LogP contribution in [0.15, 0.2) is 40.9 Å². The summed E-state index contributed by atoms with van der Waals surface area (Å²) < 4.78 is 0.594. The zero-order valence-corrected chi connectivity index (χ0v) is 12.7. The molecule has 0 radical (unpaired) electrons. The van der Waals surface area contributed by atoms with Gasteiger partial charge in [0.15, 0.2) is 0 Å². The molecule has 21 heavy (non-hydrogen) atoms. The first kappa shape index (κ1) is 15.3. The molecule has 1 amide bonds. The molecule has 108 valence electrons. The third-order valence-corrected chi connectivity index (χ3v) is 3.34. The molecule has 0 aliphatic heterocycles. The van der Waals surface area contributed by atoms with Gasteiger partial charge < -0.3 is 10.4 Å². The number of hydrogen-bond donors (Lipinski definition) is 2. The van der Waals surface area contributed by atoms with Gasteiger partial charge in [-0.1, -0.05) is 27.5 Å². The SMILES string of the molecule is O=C(Nc1ccc(Cl)cc1[N+](=O)[O-])c1cc(Br)ccc1O. The molecule has 2 aromatic carbocycles. The average molecular weight is 372 g/mol. The molecule has 0 fully saturated rings. The van der Waals surface area contributed by atoms with Gasteiger partial charge in [-0.3, -0.25) is 14.9 Å². The summed E-state index contributed by atoms with van der Waals surface area (Å²) in [7, 11) is 0. The fourth-order valence-electron chi connectivity index (χ4n) is 1.64. The number of carbonyl (C=O) groups excluding carboxylic acids is 1.